The fourth-order valence-electron chi connectivity index (χ4n) is 2.73. The van der Waals surface area contributed by atoms with Crippen LogP contribution in [0.5, 0.6) is 0 Å². The van der Waals surface area contributed by atoms with Gasteiger partial charge >= 0.3 is 0 Å². The van der Waals surface area contributed by atoms with Crippen LogP contribution in [0.2, 0.25) is 0 Å². The van der Waals surface area contributed by atoms with Crippen LogP contribution in [0.15, 0.2) is 6.33 Å². The minimum absolute atomic E-state index is 0.113. The van der Waals surface area contributed by atoms with Gasteiger partial charge in [-0.25, -0.2) is 9.67 Å². The van der Waals surface area contributed by atoms with Gasteiger partial charge in [-0.15, -0.1) is 0 Å². The molecule has 4 heteroatoms. The average molecular weight is 237 g/mol. The Bertz CT molecular complexity index is 348. The molecule has 1 aliphatic carbocycles. The summed E-state index contributed by atoms with van der Waals surface area (Å²) < 4.78 is 2.00. The zero-order valence-corrected chi connectivity index (χ0v) is 10.8. The monoisotopic (exact) mass is 237 g/mol. The molecule has 0 saturated heterocycles. The Kier molecular flexibility index (Phi) is 4.15. The van der Waals surface area contributed by atoms with E-state index in [1.165, 1.54) is 12.8 Å². The van der Waals surface area contributed by atoms with Crippen molar-refractivity contribution in [1.29, 1.82) is 0 Å². The Balaban J connectivity index is 2.01. The van der Waals surface area contributed by atoms with E-state index < -0.39 is 0 Å². The molecule has 96 valence electrons. The summed E-state index contributed by atoms with van der Waals surface area (Å²) in [6, 6.07) is 0.364. The minimum Gasteiger partial charge on any atom is -0.393 e. The smallest absolute Gasteiger partial charge is 0.138 e. The Morgan fingerprint density at radius 1 is 1.41 bits per heavy atom. The Morgan fingerprint density at radius 3 is 2.94 bits per heavy atom. The quantitative estimate of drug-likeness (QED) is 0.821. The fraction of sp³-hybridized carbons (Fsp3) is 0.846. The van der Waals surface area contributed by atoms with Crippen molar-refractivity contribution in [2.24, 2.45) is 5.92 Å². The molecule has 2 rings (SSSR count). The molecule has 1 aromatic heterocycles. The SMILES string of the molecule is CC(C)n1ncnc1CC1CCCCC(O)C1. The molecule has 1 aromatic rings. The predicted molar refractivity (Wildman–Crippen MR) is 66.7 cm³/mol. The molecule has 1 heterocycles. The molecule has 2 atom stereocenters. The van der Waals surface area contributed by atoms with Gasteiger partial charge in [-0.3, -0.25) is 0 Å². The molecule has 0 amide bonds. The van der Waals surface area contributed by atoms with E-state index in [9.17, 15) is 5.11 Å². The van der Waals surface area contributed by atoms with E-state index in [2.05, 4.69) is 23.9 Å². The van der Waals surface area contributed by atoms with E-state index in [-0.39, 0.29) is 6.10 Å². The molecule has 0 aliphatic heterocycles. The van der Waals surface area contributed by atoms with Gasteiger partial charge in [0.15, 0.2) is 0 Å². The number of rotatable bonds is 3. The largest absolute Gasteiger partial charge is 0.393 e. The van der Waals surface area contributed by atoms with Crippen molar-refractivity contribution >= 4 is 0 Å². The number of aliphatic hydroxyl groups excluding tert-OH is 1. The summed E-state index contributed by atoms with van der Waals surface area (Å²) in [5, 5.41) is 14.1. The molecule has 2 unspecified atom stereocenters. The first-order valence-electron chi connectivity index (χ1n) is 6.73. The summed E-state index contributed by atoms with van der Waals surface area (Å²) in [4.78, 5) is 4.36. The van der Waals surface area contributed by atoms with Gasteiger partial charge in [0.2, 0.25) is 0 Å². The van der Waals surface area contributed by atoms with Gasteiger partial charge in [0.1, 0.15) is 12.2 Å². The molecule has 0 radical (unpaired) electrons. The topological polar surface area (TPSA) is 50.9 Å². The van der Waals surface area contributed by atoms with Crippen molar-refractivity contribution in [2.45, 2.75) is 64.5 Å². The van der Waals surface area contributed by atoms with Crippen LogP contribution >= 0.6 is 0 Å². The van der Waals surface area contributed by atoms with Crippen LogP contribution in [0.25, 0.3) is 0 Å². The molecule has 1 aliphatic rings. The van der Waals surface area contributed by atoms with E-state index in [0.717, 1.165) is 31.5 Å². The molecular weight excluding hydrogens is 214 g/mol. The fourth-order valence-corrected chi connectivity index (χ4v) is 2.73. The summed E-state index contributed by atoms with van der Waals surface area (Å²) in [5.74, 6) is 1.63. The maximum atomic E-state index is 9.82. The minimum atomic E-state index is -0.113. The molecule has 4 nitrogen and oxygen atoms in total. The zero-order valence-electron chi connectivity index (χ0n) is 10.8. The van der Waals surface area contributed by atoms with Crippen molar-refractivity contribution in [3.05, 3.63) is 12.2 Å². The van der Waals surface area contributed by atoms with Gasteiger partial charge in [0.25, 0.3) is 0 Å². The summed E-state index contributed by atoms with van der Waals surface area (Å²) in [6.07, 6.45) is 7.97. The maximum absolute atomic E-state index is 9.82. The van der Waals surface area contributed by atoms with Crippen molar-refractivity contribution in [2.75, 3.05) is 0 Å². The van der Waals surface area contributed by atoms with Crippen LogP contribution in [0.3, 0.4) is 0 Å². The van der Waals surface area contributed by atoms with Crippen molar-refractivity contribution in [3.63, 3.8) is 0 Å². The summed E-state index contributed by atoms with van der Waals surface area (Å²) in [5.41, 5.74) is 0. The molecular formula is C13H23N3O. The zero-order chi connectivity index (χ0) is 12.3. The number of aromatic nitrogens is 3. The number of hydrogen-bond acceptors (Lipinski definition) is 3. The second-order valence-electron chi connectivity index (χ2n) is 5.46. The average Bonchev–Trinajstić information content (AvgIpc) is 2.62. The van der Waals surface area contributed by atoms with Crippen LogP contribution < -0.4 is 0 Å². The highest BCUT2D eigenvalue weighted by Gasteiger charge is 2.21. The number of aliphatic hydroxyl groups is 1. The first-order chi connectivity index (χ1) is 8.16. The Morgan fingerprint density at radius 2 is 2.18 bits per heavy atom. The second-order valence-corrected chi connectivity index (χ2v) is 5.46. The molecule has 1 saturated carbocycles. The van der Waals surface area contributed by atoms with Crippen molar-refractivity contribution in [1.82, 2.24) is 14.8 Å². The van der Waals surface area contributed by atoms with Gasteiger partial charge < -0.3 is 5.11 Å². The summed E-state index contributed by atoms with van der Waals surface area (Å²) in [7, 11) is 0. The first kappa shape index (κ1) is 12.6. The van der Waals surface area contributed by atoms with Crippen molar-refractivity contribution < 1.29 is 5.11 Å². The van der Waals surface area contributed by atoms with E-state index in [1.54, 1.807) is 6.33 Å². The summed E-state index contributed by atoms with van der Waals surface area (Å²) >= 11 is 0. The van der Waals surface area contributed by atoms with Gasteiger partial charge in [0, 0.05) is 12.5 Å². The molecule has 17 heavy (non-hydrogen) atoms. The van der Waals surface area contributed by atoms with E-state index in [0.29, 0.717) is 12.0 Å². The predicted octanol–water partition coefficient (Wildman–Crippen LogP) is 2.34. The molecule has 0 aromatic carbocycles. The second kappa shape index (κ2) is 5.63. The van der Waals surface area contributed by atoms with Crippen LogP contribution in [0, 0.1) is 5.92 Å². The molecule has 1 fully saturated rings. The highest BCUT2D eigenvalue weighted by atomic mass is 16.3. The molecule has 1 N–H and O–H groups in total. The molecule has 0 spiro atoms. The van der Waals surface area contributed by atoms with Gasteiger partial charge in [-0.05, 0) is 39.0 Å². The van der Waals surface area contributed by atoms with E-state index in [4.69, 9.17) is 0 Å². The highest BCUT2D eigenvalue weighted by Crippen LogP contribution is 2.26. The third kappa shape index (κ3) is 3.28. The molecule has 0 bridgehead atoms. The maximum Gasteiger partial charge on any atom is 0.138 e. The van der Waals surface area contributed by atoms with Gasteiger partial charge in [-0.2, -0.15) is 5.10 Å². The number of nitrogens with zero attached hydrogens (tertiary/aromatic N) is 3. The third-order valence-electron chi connectivity index (χ3n) is 3.61. The lowest BCUT2D eigenvalue weighted by atomic mass is 9.95. The first-order valence-corrected chi connectivity index (χ1v) is 6.73. The number of hydrogen-bond donors (Lipinski definition) is 1. The Labute approximate surface area is 103 Å². The van der Waals surface area contributed by atoms with Crippen LogP contribution in [0.1, 0.15) is 57.8 Å². The van der Waals surface area contributed by atoms with Gasteiger partial charge in [-0.1, -0.05) is 12.8 Å². The van der Waals surface area contributed by atoms with E-state index in [1.807, 2.05) is 4.68 Å². The van der Waals surface area contributed by atoms with Crippen LogP contribution in [-0.2, 0) is 6.42 Å². The standard InChI is InChI=1S/C13H23N3O/c1-10(2)16-13(14-9-15-16)8-11-5-3-4-6-12(17)7-11/h9-12,17H,3-8H2,1-2H3. The van der Waals surface area contributed by atoms with Crippen molar-refractivity contribution in [3.8, 4) is 0 Å². The lowest BCUT2D eigenvalue weighted by Gasteiger charge is -2.17. The van der Waals surface area contributed by atoms with Crippen LogP contribution in [0.4, 0.5) is 0 Å². The highest BCUT2D eigenvalue weighted by molar-refractivity contribution is 4.90. The lowest BCUT2D eigenvalue weighted by Crippen LogP contribution is -2.16. The van der Waals surface area contributed by atoms with Crippen LogP contribution in [-0.4, -0.2) is 26.0 Å². The van der Waals surface area contributed by atoms with E-state index >= 15 is 0 Å². The summed E-state index contributed by atoms with van der Waals surface area (Å²) in [6.45, 7) is 4.25. The normalized spacial score (nSPS) is 26.1. The van der Waals surface area contributed by atoms with Gasteiger partial charge in [0.05, 0.1) is 6.10 Å². The third-order valence-corrected chi connectivity index (χ3v) is 3.61. The lowest BCUT2D eigenvalue weighted by molar-refractivity contribution is 0.140. The Hall–Kier alpha value is -0.900.